The molecule has 0 saturated heterocycles. The SMILES string of the molecule is CCC(=O)N(C)c1ccc(-c2ccc(C(=O)CCc3cccnc3C)nc2)c(F)c1. The molecule has 0 radical (unpaired) electrons. The average molecular weight is 405 g/mol. The van der Waals surface area contributed by atoms with Gasteiger partial charge < -0.3 is 4.90 Å². The Morgan fingerprint density at radius 3 is 2.53 bits per heavy atom. The number of rotatable bonds is 7. The minimum absolute atomic E-state index is 0.0691. The van der Waals surface area contributed by atoms with Crippen LogP contribution in [0.2, 0.25) is 0 Å². The molecule has 3 rings (SSSR count). The summed E-state index contributed by atoms with van der Waals surface area (Å²) in [5, 5.41) is 0. The van der Waals surface area contributed by atoms with Crippen LogP contribution >= 0.6 is 0 Å². The van der Waals surface area contributed by atoms with Crippen LogP contribution in [0.15, 0.2) is 54.9 Å². The smallest absolute Gasteiger partial charge is 0.226 e. The summed E-state index contributed by atoms with van der Waals surface area (Å²) < 4.78 is 14.6. The topological polar surface area (TPSA) is 63.2 Å². The van der Waals surface area contributed by atoms with Crippen molar-refractivity contribution in [3.05, 3.63) is 77.6 Å². The van der Waals surface area contributed by atoms with E-state index in [2.05, 4.69) is 9.97 Å². The number of ketones is 1. The van der Waals surface area contributed by atoms with Crippen LogP contribution in [0.3, 0.4) is 0 Å². The first-order chi connectivity index (χ1) is 14.4. The van der Waals surface area contributed by atoms with E-state index in [1.54, 1.807) is 44.4 Å². The van der Waals surface area contributed by atoms with Crippen molar-refractivity contribution in [2.75, 3.05) is 11.9 Å². The molecule has 0 unspecified atom stereocenters. The first-order valence-electron chi connectivity index (χ1n) is 9.87. The van der Waals surface area contributed by atoms with Gasteiger partial charge in [0, 0.05) is 54.8 Å². The van der Waals surface area contributed by atoms with E-state index in [-0.39, 0.29) is 11.7 Å². The number of halogens is 1. The van der Waals surface area contributed by atoms with Crippen LogP contribution in [-0.4, -0.2) is 28.7 Å². The van der Waals surface area contributed by atoms with Gasteiger partial charge in [0.2, 0.25) is 5.91 Å². The number of anilines is 1. The molecule has 2 aromatic heterocycles. The number of pyridine rings is 2. The molecule has 0 fully saturated rings. The molecule has 0 aliphatic heterocycles. The highest BCUT2D eigenvalue weighted by Crippen LogP contribution is 2.26. The molecular weight excluding hydrogens is 381 g/mol. The molecule has 154 valence electrons. The molecule has 1 amide bonds. The number of Topliss-reactive ketones (excluding diaryl/α,β-unsaturated/α-hetero) is 1. The fourth-order valence-electron chi connectivity index (χ4n) is 3.20. The lowest BCUT2D eigenvalue weighted by molar-refractivity contribution is -0.118. The molecule has 0 atom stereocenters. The summed E-state index contributed by atoms with van der Waals surface area (Å²) in [7, 11) is 1.62. The van der Waals surface area contributed by atoms with E-state index < -0.39 is 5.82 Å². The quantitative estimate of drug-likeness (QED) is 0.531. The molecule has 5 nitrogen and oxygen atoms in total. The summed E-state index contributed by atoms with van der Waals surface area (Å²) in [6.07, 6.45) is 4.51. The van der Waals surface area contributed by atoms with E-state index in [4.69, 9.17) is 0 Å². The minimum Gasteiger partial charge on any atom is -0.315 e. The van der Waals surface area contributed by atoms with Gasteiger partial charge in [0.1, 0.15) is 11.5 Å². The number of hydrogen-bond acceptors (Lipinski definition) is 4. The highest BCUT2D eigenvalue weighted by atomic mass is 19.1. The van der Waals surface area contributed by atoms with Gasteiger partial charge in [0.15, 0.2) is 5.78 Å². The van der Waals surface area contributed by atoms with Crippen molar-refractivity contribution < 1.29 is 14.0 Å². The zero-order chi connectivity index (χ0) is 21.7. The van der Waals surface area contributed by atoms with E-state index in [1.807, 2.05) is 19.1 Å². The zero-order valence-electron chi connectivity index (χ0n) is 17.4. The maximum absolute atomic E-state index is 14.6. The average Bonchev–Trinajstić information content (AvgIpc) is 2.77. The van der Waals surface area contributed by atoms with E-state index in [1.165, 1.54) is 17.2 Å². The monoisotopic (exact) mass is 405 g/mol. The van der Waals surface area contributed by atoms with Crippen molar-refractivity contribution in [1.82, 2.24) is 9.97 Å². The maximum atomic E-state index is 14.6. The Balaban J connectivity index is 1.71. The van der Waals surface area contributed by atoms with Gasteiger partial charge in [0.05, 0.1) is 0 Å². The predicted octanol–water partition coefficient (Wildman–Crippen LogP) is 4.78. The van der Waals surface area contributed by atoms with E-state index >= 15 is 0 Å². The van der Waals surface area contributed by atoms with Gasteiger partial charge in [-0.15, -0.1) is 0 Å². The molecule has 0 aliphatic rings. The molecule has 0 saturated carbocycles. The Kier molecular flexibility index (Phi) is 6.67. The van der Waals surface area contributed by atoms with Crippen LogP contribution in [0.5, 0.6) is 0 Å². The Hall–Kier alpha value is -3.41. The third-order valence-corrected chi connectivity index (χ3v) is 5.11. The van der Waals surface area contributed by atoms with Crippen LogP contribution in [0.1, 0.15) is 41.5 Å². The van der Waals surface area contributed by atoms with E-state index in [9.17, 15) is 14.0 Å². The van der Waals surface area contributed by atoms with E-state index in [0.717, 1.165) is 11.3 Å². The number of benzene rings is 1. The number of nitrogens with zero attached hydrogens (tertiary/aromatic N) is 3. The Morgan fingerprint density at radius 1 is 1.10 bits per heavy atom. The standard InChI is InChI=1S/C24H24FN3O2/c1-4-24(30)28(3)19-9-10-20(21(25)14-19)18-7-11-22(27-15-18)23(29)12-8-17-6-5-13-26-16(17)2/h5-7,9-11,13-15H,4,8,12H2,1-3H3. The van der Waals surface area contributed by atoms with Gasteiger partial charge in [-0.05, 0) is 49.2 Å². The largest absolute Gasteiger partial charge is 0.315 e. The number of carbonyl (C=O) groups is 2. The second-order valence-electron chi connectivity index (χ2n) is 7.07. The Bertz CT molecular complexity index is 1060. The van der Waals surface area contributed by atoms with Gasteiger partial charge in [-0.1, -0.05) is 19.1 Å². The van der Waals surface area contributed by atoms with Gasteiger partial charge in [0.25, 0.3) is 0 Å². The maximum Gasteiger partial charge on any atom is 0.226 e. The summed E-state index contributed by atoms with van der Waals surface area (Å²) in [5.74, 6) is -0.607. The molecule has 0 bridgehead atoms. The molecule has 0 N–H and O–H groups in total. The molecule has 3 aromatic rings. The zero-order valence-corrected chi connectivity index (χ0v) is 17.4. The Morgan fingerprint density at radius 2 is 1.90 bits per heavy atom. The first kappa shape index (κ1) is 21.3. The second kappa shape index (κ2) is 9.39. The minimum atomic E-state index is -0.448. The molecule has 30 heavy (non-hydrogen) atoms. The van der Waals surface area contributed by atoms with E-state index in [0.29, 0.717) is 41.8 Å². The fraction of sp³-hybridized carbons (Fsp3) is 0.250. The van der Waals surface area contributed by atoms with Crippen LogP contribution in [0, 0.1) is 12.7 Å². The lowest BCUT2D eigenvalue weighted by Gasteiger charge is -2.17. The highest BCUT2D eigenvalue weighted by molar-refractivity contribution is 5.95. The summed E-state index contributed by atoms with van der Waals surface area (Å²) in [6.45, 7) is 3.68. The lowest BCUT2D eigenvalue weighted by atomic mass is 10.0. The molecule has 2 heterocycles. The number of aryl methyl sites for hydroxylation is 2. The van der Waals surface area contributed by atoms with Crippen molar-refractivity contribution in [2.24, 2.45) is 0 Å². The number of aromatic nitrogens is 2. The fourth-order valence-corrected chi connectivity index (χ4v) is 3.20. The predicted molar refractivity (Wildman–Crippen MR) is 115 cm³/mol. The molecular formula is C24H24FN3O2. The van der Waals surface area contributed by atoms with Crippen LogP contribution in [0.4, 0.5) is 10.1 Å². The summed E-state index contributed by atoms with van der Waals surface area (Å²) in [4.78, 5) is 34.2. The Labute approximate surface area is 175 Å². The van der Waals surface area contributed by atoms with Crippen molar-refractivity contribution >= 4 is 17.4 Å². The van der Waals surface area contributed by atoms with Crippen molar-refractivity contribution in [2.45, 2.75) is 33.1 Å². The highest BCUT2D eigenvalue weighted by Gasteiger charge is 2.14. The van der Waals surface area contributed by atoms with Crippen molar-refractivity contribution in [3.63, 3.8) is 0 Å². The van der Waals surface area contributed by atoms with Crippen LogP contribution in [-0.2, 0) is 11.2 Å². The lowest BCUT2D eigenvalue weighted by Crippen LogP contribution is -2.25. The first-order valence-corrected chi connectivity index (χ1v) is 9.87. The van der Waals surface area contributed by atoms with Crippen molar-refractivity contribution in [3.8, 4) is 11.1 Å². The molecule has 0 spiro atoms. The third kappa shape index (κ3) is 4.76. The summed E-state index contributed by atoms with van der Waals surface area (Å²) >= 11 is 0. The number of amides is 1. The van der Waals surface area contributed by atoms with Gasteiger partial charge in [-0.3, -0.25) is 19.6 Å². The van der Waals surface area contributed by atoms with Gasteiger partial charge in [-0.25, -0.2) is 4.39 Å². The van der Waals surface area contributed by atoms with Gasteiger partial charge >= 0.3 is 0 Å². The molecule has 0 aliphatic carbocycles. The van der Waals surface area contributed by atoms with Crippen LogP contribution in [0.25, 0.3) is 11.1 Å². The summed E-state index contributed by atoms with van der Waals surface area (Å²) in [6, 6.07) is 11.8. The van der Waals surface area contributed by atoms with Gasteiger partial charge in [-0.2, -0.15) is 0 Å². The normalized spacial score (nSPS) is 10.7. The third-order valence-electron chi connectivity index (χ3n) is 5.11. The number of hydrogen-bond donors (Lipinski definition) is 0. The molecule has 1 aromatic carbocycles. The molecule has 6 heteroatoms. The van der Waals surface area contributed by atoms with Crippen LogP contribution < -0.4 is 4.90 Å². The second-order valence-corrected chi connectivity index (χ2v) is 7.07. The number of carbonyl (C=O) groups excluding carboxylic acids is 2. The summed E-state index contributed by atoms with van der Waals surface area (Å²) in [5.41, 5.74) is 3.74. The van der Waals surface area contributed by atoms with Crippen molar-refractivity contribution in [1.29, 1.82) is 0 Å².